The van der Waals surface area contributed by atoms with Gasteiger partial charge in [-0.05, 0) is 29.8 Å². The molecule has 0 aromatic heterocycles. The van der Waals surface area contributed by atoms with Crippen LogP contribution in [0.15, 0.2) is 42.5 Å². The van der Waals surface area contributed by atoms with Crippen molar-refractivity contribution >= 4 is 5.78 Å². The minimum atomic E-state index is -1.56. The number of carbonyl (C=O) groups excluding carboxylic acids is 1. The van der Waals surface area contributed by atoms with Crippen molar-refractivity contribution < 1.29 is 44.5 Å². The number of aromatic hydroxyl groups is 1. The number of benzene rings is 2. The molecule has 0 amide bonds. The van der Waals surface area contributed by atoms with Gasteiger partial charge in [-0.2, -0.15) is 0 Å². The van der Waals surface area contributed by atoms with Crippen LogP contribution in [0, 0.1) is 0 Å². The summed E-state index contributed by atoms with van der Waals surface area (Å²) in [7, 11) is 0. The van der Waals surface area contributed by atoms with E-state index in [0.29, 0.717) is 5.56 Å². The third kappa shape index (κ3) is 3.85. The number of ketones is 1. The highest BCUT2D eigenvalue weighted by Crippen LogP contribution is 2.38. The number of hydrogen-bond donors (Lipinski definition) is 5. The number of hydrogen-bond acceptors (Lipinski definition) is 9. The lowest BCUT2D eigenvalue weighted by Crippen LogP contribution is -2.60. The number of aliphatic hydroxyl groups is 4. The number of phenols is 1. The van der Waals surface area contributed by atoms with Crippen LogP contribution in [-0.4, -0.2) is 68.6 Å². The van der Waals surface area contributed by atoms with Gasteiger partial charge >= 0.3 is 0 Å². The Labute approximate surface area is 171 Å². The lowest BCUT2D eigenvalue weighted by molar-refractivity contribution is -0.277. The lowest BCUT2D eigenvalue weighted by atomic mass is 9.96. The summed E-state index contributed by atoms with van der Waals surface area (Å²) in [5.41, 5.74) is 1.11. The zero-order valence-electron chi connectivity index (χ0n) is 15.8. The molecular weight excluding hydrogens is 396 g/mol. The van der Waals surface area contributed by atoms with E-state index < -0.39 is 43.4 Å². The predicted octanol–water partition coefficient (Wildman–Crippen LogP) is 0.277. The quantitative estimate of drug-likeness (QED) is 0.472. The van der Waals surface area contributed by atoms with Crippen LogP contribution >= 0.6 is 0 Å². The van der Waals surface area contributed by atoms with Gasteiger partial charge in [0.05, 0.1) is 18.6 Å². The van der Waals surface area contributed by atoms with E-state index in [1.807, 2.05) is 0 Å². The summed E-state index contributed by atoms with van der Waals surface area (Å²) in [6, 6.07) is 10.9. The van der Waals surface area contributed by atoms with Gasteiger partial charge in [0.1, 0.15) is 47.8 Å². The van der Waals surface area contributed by atoms with Gasteiger partial charge < -0.3 is 39.7 Å². The highest BCUT2D eigenvalue weighted by Gasteiger charge is 2.44. The van der Waals surface area contributed by atoms with Crippen LogP contribution in [0.3, 0.4) is 0 Å². The monoisotopic (exact) mass is 418 g/mol. The van der Waals surface area contributed by atoms with Crippen molar-refractivity contribution in [3.63, 3.8) is 0 Å². The summed E-state index contributed by atoms with van der Waals surface area (Å²) >= 11 is 0. The number of fused-ring (bicyclic) bond motifs is 1. The molecule has 30 heavy (non-hydrogen) atoms. The van der Waals surface area contributed by atoms with Crippen molar-refractivity contribution in [2.24, 2.45) is 0 Å². The molecular formula is C21H22O9. The van der Waals surface area contributed by atoms with E-state index in [9.17, 15) is 30.3 Å². The molecule has 0 spiro atoms. The average molecular weight is 418 g/mol. The molecule has 0 radical (unpaired) electrons. The molecule has 6 atom stereocenters. The number of aliphatic hydroxyl groups excluding tert-OH is 4. The lowest BCUT2D eigenvalue weighted by Gasteiger charge is -2.39. The Balaban J connectivity index is 1.54. The fourth-order valence-corrected chi connectivity index (χ4v) is 3.55. The first-order valence-corrected chi connectivity index (χ1v) is 9.47. The van der Waals surface area contributed by atoms with Gasteiger partial charge in [0.15, 0.2) is 5.78 Å². The molecule has 2 aromatic carbocycles. The molecule has 1 saturated heterocycles. The first-order chi connectivity index (χ1) is 14.4. The molecule has 160 valence electrons. The van der Waals surface area contributed by atoms with Crippen LogP contribution in [0.5, 0.6) is 17.2 Å². The number of Topliss-reactive ketones (excluding diaryl/α,β-unsaturated/α-hetero) is 1. The molecule has 1 fully saturated rings. The summed E-state index contributed by atoms with van der Waals surface area (Å²) in [5, 5.41) is 48.6. The highest BCUT2D eigenvalue weighted by atomic mass is 16.7. The van der Waals surface area contributed by atoms with Gasteiger partial charge in [0.2, 0.25) is 6.29 Å². The second-order valence-electron chi connectivity index (χ2n) is 7.30. The summed E-state index contributed by atoms with van der Waals surface area (Å²) < 4.78 is 16.9. The molecule has 3 unspecified atom stereocenters. The van der Waals surface area contributed by atoms with Crippen LogP contribution < -0.4 is 9.47 Å². The van der Waals surface area contributed by atoms with Crippen molar-refractivity contribution in [2.75, 3.05) is 6.61 Å². The fourth-order valence-electron chi connectivity index (χ4n) is 3.55. The number of rotatable bonds is 4. The van der Waals surface area contributed by atoms with Crippen LogP contribution in [0.2, 0.25) is 0 Å². The molecule has 2 aliphatic rings. The Morgan fingerprint density at radius 3 is 2.43 bits per heavy atom. The smallest absolute Gasteiger partial charge is 0.229 e. The Hall–Kier alpha value is -2.69. The Morgan fingerprint density at radius 1 is 1.00 bits per heavy atom. The van der Waals surface area contributed by atoms with Gasteiger partial charge in [0, 0.05) is 6.07 Å². The van der Waals surface area contributed by atoms with E-state index in [4.69, 9.17) is 14.2 Å². The minimum Gasteiger partial charge on any atom is -0.508 e. The maximum absolute atomic E-state index is 12.5. The number of phenolic OH excluding ortho intramolecular Hbond substituents is 1. The summed E-state index contributed by atoms with van der Waals surface area (Å²) in [6.45, 7) is -0.569. The van der Waals surface area contributed by atoms with Gasteiger partial charge in [-0.1, -0.05) is 12.1 Å². The van der Waals surface area contributed by atoms with Crippen molar-refractivity contribution in [1.82, 2.24) is 0 Å². The van der Waals surface area contributed by atoms with Crippen molar-refractivity contribution in [1.29, 1.82) is 0 Å². The van der Waals surface area contributed by atoms with Crippen LogP contribution in [0.1, 0.15) is 28.4 Å². The van der Waals surface area contributed by atoms with Crippen LogP contribution in [-0.2, 0) is 4.74 Å². The highest BCUT2D eigenvalue weighted by molar-refractivity contribution is 6.00. The second-order valence-corrected chi connectivity index (χ2v) is 7.30. The molecule has 2 heterocycles. The van der Waals surface area contributed by atoms with E-state index in [2.05, 4.69) is 0 Å². The third-order valence-corrected chi connectivity index (χ3v) is 5.26. The maximum atomic E-state index is 12.5. The topological polar surface area (TPSA) is 146 Å². The van der Waals surface area contributed by atoms with Gasteiger partial charge in [0.25, 0.3) is 0 Å². The standard InChI is InChI=1S/C21H22O9/c22-9-17-18(25)19(26)20(27)21(30-17)28-12-5-6-13-14(24)8-15(29-16(13)7-12)10-1-3-11(23)4-2-10/h1-7,15,17-23,25-27H,8-9H2/t15?,17?,18-,19-,20?,21-/m1/s1. The van der Waals surface area contributed by atoms with Crippen molar-refractivity contribution in [2.45, 2.75) is 43.2 Å². The largest absolute Gasteiger partial charge is 0.508 e. The molecule has 9 heteroatoms. The van der Waals surface area contributed by atoms with Crippen molar-refractivity contribution in [3.8, 4) is 17.2 Å². The SMILES string of the molecule is O=C1CC(c2ccc(O)cc2)Oc2cc(O[C@@H]3OC(CO)[C@@H](O)[C@@H](O)C3O)ccc21. The van der Waals surface area contributed by atoms with E-state index in [0.717, 1.165) is 5.56 Å². The Kier molecular flexibility index (Phi) is 5.63. The molecule has 0 saturated carbocycles. The van der Waals surface area contributed by atoms with E-state index in [-0.39, 0.29) is 29.5 Å². The third-order valence-electron chi connectivity index (χ3n) is 5.26. The van der Waals surface area contributed by atoms with E-state index in [1.54, 1.807) is 12.1 Å². The predicted molar refractivity (Wildman–Crippen MR) is 101 cm³/mol. The second kappa shape index (κ2) is 8.21. The first-order valence-electron chi connectivity index (χ1n) is 9.47. The molecule has 4 rings (SSSR count). The molecule has 5 N–H and O–H groups in total. The molecule has 0 aliphatic carbocycles. The van der Waals surface area contributed by atoms with E-state index in [1.165, 1.54) is 30.3 Å². The van der Waals surface area contributed by atoms with Gasteiger partial charge in [-0.3, -0.25) is 4.79 Å². The maximum Gasteiger partial charge on any atom is 0.229 e. The molecule has 2 aromatic rings. The summed E-state index contributed by atoms with van der Waals surface area (Å²) in [6.07, 6.45) is -7.42. The summed E-state index contributed by atoms with van der Waals surface area (Å²) in [5.74, 6) is 0.480. The zero-order chi connectivity index (χ0) is 21.4. The first kappa shape index (κ1) is 20.6. The minimum absolute atomic E-state index is 0.108. The number of ether oxygens (including phenoxy) is 3. The Bertz CT molecular complexity index is 911. The summed E-state index contributed by atoms with van der Waals surface area (Å²) in [4.78, 5) is 12.5. The number of carbonyl (C=O) groups is 1. The van der Waals surface area contributed by atoms with Gasteiger partial charge in [-0.25, -0.2) is 0 Å². The Morgan fingerprint density at radius 2 is 1.73 bits per heavy atom. The molecule has 2 aliphatic heterocycles. The van der Waals surface area contributed by atoms with Gasteiger partial charge in [-0.15, -0.1) is 0 Å². The average Bonchev–Trinajstić information content (AvgIpc) is 2.74. The molecule has 0 bridgehead atoms. The molecule has 9 nitrogen and oxygen atoms in total. The van der Waals surface area contributed by atoms with Crippen LogP contribution in [0.25, 0.3) is 0 Å². The van der Waals surface area contributed by atoms with Crippen LogP contribution in [0.4, 0.5) is 0 Å². The van der Waals surface area contributed by atoms with Crippen molar-refractivity contribution in [3.05, 3.63) is 53.6 Å². The normalized spacial score (nSPS) is 31.0. The fraction of sp³-hybridized carbons (Fsp3) is 0.381. The van der Waals surface area contributed by atoms with E-state index >= 15 is 0 Å². The zero-order valence-corrected chi connectivity index (χ0v) is 15.8.